The summed E-state index contributed by atoms with van der Waals surface area (Å²) < 4.78 is 20.0. The maximum atomic E-state index is 14.2. The summed E-state index contributed by atoms with van der Waals surface area (Å²) in [5.41, 5.74) is 3.18. The normalized spacial score (nSPS) is 10.9. The molecule has 0 atom stereocenters. The number of nitrogens with zero attached hydrogens (tertiary/aromatic N) is 2. The maximum Gasteiger partial charge on any atom is 0.181 e. The Morgan fingerprint density at radius 2 is 1.93 bits per heavy atom. The van der Waals surface area contributed by atoms with Gasteiger partial charge >= 0.3 is 0 Å². The van der Waals surface area contributed by atoms with Gasteiger partial charge in [-0.25, -0.2) is 9.37 Å². The van der Waals surface area contributed by atoms with Crippen molar-refractivity contribution in [1.82, 2.24) is 15.2 Å². The first-order valence-corrected chi connectivity index (χ1v) is 8.89. The first-order chi connectivity index (χ1) is 13.6. The minimum atomic E-state index is -0.564. The largest absolute Gasteiger partial charge is 0.489 e. The highest BCUT2D eigenvalue weighted by Crippen LogP contribution is 2.21. The number of H-pyrrole nitrogens is 1. The lowest BCUT2D eigenvalue weighted by Crippen LogP contribution is -2.07. The lowest BCUT2D eigenvalue weighted by molar-refractivity contribution is 0.0988. The van der Waals surface area contributed by atoms with Gasteiger partial charge in [-0.1, -0.05) is 30.3 Å². The maximum absolute atomic E-state index is 14.2. The van der Waals surface area contributed by atoms with Crippen molar-refractivity contribution in [2.75, 3.05) is 0 Å². The van der Waals surface area contributed by atoms with Gasteiger partial charge in [-0.2, -0.15) is 5.10 Å². The Hall–Kier alpha value is -3.54. The molecule has 0 radical (unpaired) electrons. The minimum Gasteiger partial charge on any atom is -0.489 e. The molecule has 6 heteroatoms. The summed E-state index contributed by atoms with van der Waals surface area (Å²) in [5.74, 6) is -0.441. The van der Waals surface area contributed by atoms with E-state index in [1.165, 1.54) is 18.2 Å². The quantitative estimate of drug-likeness (QED) is 0.507. The second-order valence-corrected chi connectivity index (χ2v) is 6.58. The van der Waals surface area contributed by atoms with Gasteiger partial charge in [-0.05, 0) is 42.3 Å². The van der Waals surface area contributed by atoms with Crippen LogP contribution in [0.3, 0.4) is 0 Å². The summed E-state index contributed by atoms with van der Waals surface area (Å²) in [4.78, 5) is 16.9. The molecule has 2 heterocycles. The van der Waals surface area contributed by atoms with Crippen molar-refractivity contribution in [1.29, 1.82) is 0 Å². The fraction of sp³-hybridized carbons (Fsp3) is 0.136. The predicted octanol–water partition coefficient (Wildman–Crippen LogP) is 4.41. The lowest BCUT2D eigenvalue weighted by Gasteiger charge is -2.09. The average Bonchev–Trinajstić information content (AvgIpc) is 3.08. The SMILES string of the molecule is Cc1[nH]nc2ncc(CC(=O)c3cc(OCc4ccccc4)ccc3F)cc12. The molecule has 0 spiro atoms. The number of Topliss-reactive ketones (excluding diaryl/α,β-unsaturated/α-hetero) is 1. The minimum absolute atomic E-state index is 0.00886. The zero-order valence-electron chi connectivity index (χ0n) is 15.3. The lowest BCUT2D eigenvalue weighted by atomic mass is 10.0. The monoisotopic (exact) mass is 375 g/mol. The Kier molecular flexibility index (Phi) is 4.85. The standard InChI is InChI=1S/C22H18FN3O2/c1-14-18-9-16(12-24-22(18)26-25-14)10-21(27)19-11-17(7-8-20(19)23)28-13-15-5-3-2-4-6-15/h2-9,11-12H,10,13H2,1H3,(H,24,25,26). The number of fused-ring (bicyclic) bond motifs is 1. The van der Waals surface area contributed by atoms with Crippen LogP contribution in [0.4, 0.5) is 4.39 Å². The first kappa shape index (κ1) is 17.9. The molecule has 0 aliphatic rings. The van der Waals surface area contributed by atoms with E-state index in [9.17, 15) is 9.18 Å². The van der Waals surface area contributed by atoms with Crippen LogP contribution >= 0.6 is 0 Å². The summed E-state index contributed by atoms with van der Waals surface area (Å²) in [6.45, 7) is 2.23. The van der Waals surface area contributed by atoms with Crippen LogP contribution in [0.1, 0.15) is 27.2 Å². The number of aromatic nitrogens is 3. The number of hydrogen-bond acceptors (Lipinski definition) is 4. The molecule has 140 valence electrons. The molecule has 0 saturated carbocycles. The van der Waals surface area contributed by atoms with Crippen LogP contribution < -0.4 is 4.74 Å². The average molecular weight is 375 g/mol. The van der Waals surface area contributed by atoms with Gasteiger partial charge in [0.25, 0.3) is 0 Å². The number of aromatic amines is 1. The fourth-order valence-corrected chi connectivity index (χ4v) is 2.99. The van der Waals surface area contributed by atoms with Gasteiger partial charge in [-0.3, -0.25) is 9.89 Å². The van der Waals surface area contributed by atoms with Crippen molar-refractivity contribution in [3.8, 4) is 5.75 Å². The molecule has 0 aliphatic carbocycles. The van der Waals surface area contributed by atoms with E-state index in [-0.39, 0.29) is 17.8 Å². The molecule has 4 aromatic rings. The third-order valence-electron chi connectivity index (χ3n) is 4.51. The number of pyridine rings is 1. The number of carbonyl (C=O) groups is 1. The molecular weight excluding hydrogens is 357 g/mol. The number of ether oxygens (including phenoxy) is 1. The molecule has 0 unspecified atom stereocenters. The van der Waals surface area contributed by atoms with Crippen LogP contribution in [-0.2, 0) is 13.0 Å². The number of carbonyl (C=O) groups excluding carboxylic acids is 1. The van der Waals surface area contributed by atoms with E-state index in [1.807, 2.05) is 43.3 Å². The Morgan fingerprint density at radius 1 is 1.11 bits per heavy atom. The van der Waals surface area contributed by atoms with E-state index in [2.05, 4.69) is 15.2 Å². The molecule has 0 fully saturated rings. The van der Waals surface area contributed by atoms with E-state index in [1.54, 1.807) is 6.20 Å². The van der Waals surface area contributed by atoms with E-state index >= 15 is 0 Å². The van der Waals surface area contributed by atoms with E-state index in [0.717, 1.165) is 16.6 Å². The number of hydrogen-bond donors (Lipinski definition) is 1. The Balaban J connectivity index is 1.51. The van der Waals surface area contributed by atoms with Crippen molar-refractivity contribution in [3.63, 3.8) is 0 Å². The van der Waals surface area contributed by atoms with E-state index in [4.69, 9.17) is 4.74 Å². The zero-order chi connectivity index (χ0) is 19.5. The van der Waals surface area contributed by atoms with Crippen LogP contribution in [-0.4, -0.2) is 21.0 Å². The van der Waals surface area contributed by atoms with Crippen molar-refractivity contribution < 1.29 is 13.9 Å². The second-order valence-electron chi connectivity index (χ2n) is 6.58. The van der Waals surface area contributed by atoms with Crippen molar-refractivity contribution in [3.05, 3.63) is 89.0 Å². The van der Waals surface area contributed by atoms with Crippen molar-refractivity contribution in [2.24, 2.45) is 0 Å². The Morgan fingerprint density at radius 3 is 2.75 bits per heavy atom. The molecule has 28 heavy (non-hydrogen) atoms. The summed E-state index contributed by atoms with van der Waals surface area (Å²) in [6.07, 6.45) is 1.64. The first-order valence-electron chi connectivity index (χ1n) is 8.89. The van der Waals surface area contributed by atoms with Gasteiger partial charge in [0.1, 0.15) is 18.2 Å². The second kappa shape index (κ2) is 7.60. The summed E-state index contributed by atoms with van der Waals surface area (Å²) >= 11 is 0. The van der Waals surface area contributed by atoms with Gasteiger partial charge in [-0.15, -0.1) is 0 Å². The van der Waals surface area contributed by atoms with Gasteiger partial charge in [0.2, 0.25) is 0 Å². The number of benzene rings is 2. The molecule has 0 aliphatic heterocycles. The predicted molar refractivity (Wildman–Crippen MR) is 104 cm³/mol. The Labute approximate surface area is 161 Å². The van der Waals surface area contributed by atoms with Crippen LogP contribution in [0, 0.1) is 12.7 Å². The Bertz CT molecular complexity index is 1140. The highest BCUT2D eigenvalue weighted by Gasteiger charge is 2.15. The van der Waals surface area contributed by atoms with Gasteiger partial charge in [0.15, 0.2) is 11.4 Å². The summed E-state index contributed by atoms with van der Waals surface area (Å²) in [7, 11) is 0. The van der Waals surface area contributed by atoms with Crippen LogP contribution in [0.25, 0.3) is 11.0 Å². The number of ketones is 1. The van der Waals surface area contributed by atoms with Crippen molar-refractivity contribution in [2.45, 2.75) is 20.0 Å². The smallest absolute Gasteiger partial charge is 0.181 e. The third-order valence-corrected chi connectivity index (χ3v) is 4.51. The molecule has 2 aromatic carbocycles. The number of halogens is 1. The van der Waals surface area contributed by atoms with Gasteiger partial charge in [0.05, 0.1) is 5.56 Å². The summed E-state index contributed by atoms with van der Waals surface area (Å²) in [5, 5.41) is 7.78. The molecule has 0 bridgehead atoms. The fourth-order valence-electron chi connectivity index (χ4n) is 2.99. The molecule has 5 nitrogen and oxygen atoms in total. The highest BCUT2D eigenvalue weighted by molar-refractivity contribution is 5.98. The highest BCUT2D eigenvalue weighted by atomic mass is 19.1. The molecule has 1 N–H and O–H groups in total. The number of aryl methyl sites for hydroxylation is 1. The van der Waals surface area contributed by atoms with Gasteiger partial charge in [0, 0.05) is 23.7 Å². The molecule has 4 rings (SSSR count). The topological polar surface area (TPSA) is 67.9 Å². The molecular formula is C22H18FN3O2. The molecule has 0 saturated heterocycles. The van der Waals surface area contributed by atoms with E-state index in [0.29, 0.717) is 23.6 Å². The number of rotatable bonds is 6. The van der Waals surface area contributed by atoms with Crippen LogP contribution in [0.2, 0.25) is 0 Å². The van der Waals surface area contributed by atoms with Crippen LogP contribution in [0.15, 0.2) is 60.8 Å². The van der Waals surface area contributed by atoms with Gasteiger partial charge < -0.3 is 4.74 Å². The zero-order valence-corrected chi connectivity index (χ0v) is 15.3. The summed E-state index contributed by atoms with van der Waals surface area (Å²) in [6, 6.07) is 15.7. The molecule has 2 aromatic heterocycles. The number of nitrogens with one attached hydrogen (secondary N) is 1. The van der Waals surface area contributed by atoms with Crippen molar-refractivity contribution >= 4 is 16.8 Å². The van der Waals surface area contributed by atoms with E-state index < -0.39 is 5.82 Å². The third kappa shape index (κ3) is 3.76. The molecule has 0 amide bonds. The van der Waals surface area contributed by atoms with Crippen LogP contribution in [0.5, 0.6) is 5.75 Å².